The lowest BCUT2D eigenvalue weighted by molar-refractivity contribution is 0.337. The predicted molar refractivity (Wildman–Crippen MR) is 117 cm³/mol. The van der Waals surface area contributed by atoms with Gasteiger partial charge in [-0.1, -0.05) is 41.4 Å². The standard InChI is InChI=1S/C22H25BrN4O2/c1-4-6-7-20-19(12-16-8-10-17(23)11-9-16)21(28)27(15(3)26-20)22-24-13-18(14-25-22)29-5-2/h8-11,13-14H,4-7,12H2,1-3H3. The van der Waals surface area contributed by atoms with Crippen molar-refractivity contribution in [2.75, 3.05) is 6.61 Å². The van der Waals surface area contributed by atoms with Crippen LogP contribution in [0.1, 0.15) is 49.3 Å². The fourth-order valence-electron chi connectivity index (χ4n) is 3.15. The van der Waals surface area contributed by atoms with Gasteiger partial charge in [-0.05, 0) is 44.4 Å². The lowest BCUT2D eigenvalue weighted by atomic mass is 10.0. The molecule has 0 atom stereocenters. The molecular weight excluding hydrogens is 432 g/mol. The monoisotopic (exact) mass is 456 g/mol. The van der Waals surface area contributed by atoms with Gasteiger partial charge in [0.1, 0.15) is 5.82 Å². The first-order valence-electron chi connectivity index (χ1n) is 9.84. The van der Waals surface area contributed by atoms with Crippen LogP contribution in [0.4, 0.5) is 0 Å². The molecule has 152 valence electrons. The van der Waals surface area contributed by atoms with Gasteiger partial charge in [0.25, 0.3) is 5.56 Å². The lowest BCUT2D eigenvalue weighted by Gasteiger charge is -2.14. The van der Waals surface area contributed by atoms with Crippen molar-refractivity contribution in [3.05, 3.63) is 74.1 Å². The van der Waals surface area contributed by atoms with Crippen LogP contribution in [0.5, 0.6) is 5.75 Å². The zero-order valence-corrected chi connectivity index (χ0v) is 18.6. The first-order valence-corrected chi connectivity index (χ1v) is 10.6. The quantitative estimate of drug-likeness (QED) is 0.501. The summed E-state index contributed by atoms with van der Waals surface area (Å²) >= 11 is 3.46. The van der Waals surface area contributed by atoms with E-state index >= 15 is 0 Å². The number of rotatable bonds is 8. The smallest absolute Gasteiger partial charge is 0.264 e. The fraction of sp³-hybridized carbons (Fsp3) is 0.364. The van der Waals surface area contributed by atoms with Crippen LogP contribution in [0.3, 0.4) is 0 Å². The third-order valence-electron chi connectivity index (χ3n) is 4.62. The highest BCUT2D eigenvalue weighted by Crippen LogP contribution is 2.17. The summed E-state index contributed by atoms with van der Waals surface area (Å²) in [7, 11) is 0. The summed E-state index contributed by atoms with van der Waals surface area (Å²) in [6.45, 7) is 6.39. The number of unbranched alkanes of at least 4 members (excludes halogenated alkanes) is 1. The van der Waals surface area contributed by atoms with E-state index in [1.165, 1.54) is 4.57 Å². The van der Waals surface area contributed by atoms with Crippen LogP contribution in [0.15, 0.2) is 45.9 Å². The molecule has 29 heavy (non-hydrogen) atoms. The molecule has 7 heteroatoms. The van der Waals surface area contributed by atoms with E-state index in [-0.39, 0.29) is 5.56 Å². The molecule has 0 saturated heterocycles. The van der Waals surface area contributed by atoms with Crippen molar-refractivity contribution in [2.45, 2.75) is 46.5 Å². The van der Waals surface area contributed by atoms with E-state index in [1.54, 1.807) is 12.4 Å². The minimum absolute atomic E-state index is 0.115. The molecule has 0 unspecified atom stereocenters. The van der Waals surface area contributed by atoms with Crippen molar-refractivity contribution in [3.63, 3.8) is 0 Å². The second kappa shape index (κ2) is 9.78. The van der Waals surface area contributed by atoms with E-state index in [2.05, 4.69) is 32.8 Å². The van der Waals surface area contributed by atoms with Gasteiger partial charge in [0.2, 0.25) is 5.95 Å². The molecule has 3 aromatic rings. The highest BCUT2D eigenvalue weighted by atomic mass is 79.9. The molecule has 0 spiro atoms. The van der Waals surface area contributed by atoms with Crippen molar-refractivity contribution in [1.82, 2.24) is 19.5 Å². The molecule has 0 radical (unpaired) electrons. The van der Waals surface area contributed by atoms with Crippen LogP contribution in [0.25, 0.3) is 5.95 Å². The van der Waals surface area contributed by atoms with Crippen LogP contribution in [-0.4, -0.2) is 26.1 Å². The van der Waals surface area contributed by atoms with Gasteiger partial charge in [-0.2, -0.15) is 0 Å². The first-order chi connectivity index (χ1) is 14.0. The number of hydrogen-bond acceptors (Lipinski definition) is 5. The van der Waals surface area contributed by atoms with Gasteiger partial charge in [0, 0.05) is 16.5 Å². The Morgan fingerprint density at radius 3 is 2.41 bits per heavy atom. The van der Waals surface area contributed by atoms with E-state index < -0.39 is 0 Å². The number of aryl methyl sites for hydroxylation is 2. The second-order valence-corrected chi connectivity index (χ2v) is 7.70. The summed E-state index contributed by atoms with van der Waals surface area (Å²) in [5, 5.41) is 0. The SMILES string of the molecule is CCCCc1nc(C)n(-c2ncc(OCC)cn2)c(=O)c1Cc1ccc(Br)cc1. The third kappa shape index (κ3) is 5.09. The molecule has 1 aromatic carbocycles. The molecule has 3 rings (SSSR count). The predicted octanol–water partition coefficient (Wildman–Crippen LogP) is 4.43. The lowest BCUT2D eigenvalue weighted by Crippen LogP contribution is -2.29. The zero-order chi connectivity index (χ0) is 20.8. The Morgan fingerprint density at radius 2 is 1.79 bits per heavy atom. The van der Waals surface area contributed by atoms with Crippen LogP contribution >= 0.6 is 15.9 Å². The Balaban J connectivity index is 2.07. The fourth-order valence-corrected chi connectivity index (χ4v) is 3.42. The number of aromatic nitrogens is 4. The number of nitrogens with zero attached hydrogens (tertiary/aromatic N) is 4. The van der Waals surface area contributed by atoms with Gasteiger partial charge in [-0.15, -0.1) is 0 Å². The topological polar surface area (TPSA) is 69.9 Å². The summed E-state index contributed by atoms with van der Waals surface area (Å²) in [4.78, 5) is 26.9. The summed E-state index contributed by atoms with van der Waals surface area (Å²) in [5.41, 5.74) is 2.51. The van der Waals surface area contributed by atoms with Gasteiger partial charge in [-0.25, -0.2) is 19.5 Å². The van der Waals surface area contributed by atoms with Crippen molar-refractivity contribution in [3.8, 4) is 11.7 Å². The number of halogens is 1. The van der Waals surface area contributed by atoms with Crippen LogP contribution < -0.4 is 10.3 Å². The molecule has 0 saturated carbocycles. The highest BCUT2D eigenvalue weighted by molar-refractivity contribution is 9.10. The normalized spacial score (nSPS) is 10.9. The molecular formula is C22H25BrN4O2. The third-order valence-corrected chi connectivity index (χ3v) is 5.15. The molecule has 0 amide bonds. The number of ether oxygens (including phenoxy) is 1. The molecule has 2 heterocycles. The van der Waals surface area contributed by atoms with Crippen molar-refractivity contribution in [2.24, 2.45) is 0 Å². The minimum Gasteiger partial charge on any atom is -0.491 e. The van der Waals surface area contributed by atoms with E-state index in [1.807, 2.05) is 38.1 Å². The largest absolute Gasteiger partial charge is 0.491 e. The van der Waals surface area contributed by atoms with Gasteiger partial charge < -0.3 is 4.74 Å². The molecule has 2 aromatic heterocycles. The first kappa shape index (κ1) is 21.2. The Hall–Kier alpha value is -2.54. The van der Waals surface area contributed by atoms with E-state index in [0.29, 0.717) is 36.1 Å². The van der Waals surface area contributed by atoms with Crippen LogP contribution in [-0.2, 0) is 12.8 Å². The highest BCUT2D eigenvalue weighted by Gasteiger charge is 2.17. The summed E-state index contributed by atoms with van der Waals surface area (Å²) in [6.07, 6.45) is 6.50. The molecule has 0 aliphatic carbocycles. The minimum atomic E-state index is -0.115. The van der Waals surface area contributed by atoms with E-state index in [4.69, 9.17) is 9.72 Å². The molecule has 6 nitrogen and oxygen atoms in total. The summed E-state index contributed by atoms with van der Waals surface area (Å²) in [6, 6.07) is 8.00. The Labute approximate surface area is 179 Å². The zero-order valence-electron chi connectivity index (χ0n) is 17.0. The molecule has 0 fully saturated rings. The van der Waals surface area contributed by atoms with Crippen LogP contribution in [0, 0.1) is 6.92 Å². The van der Waals surface area contributed by atoms with E-state index in [9.17, 15) is 4.79 Å². The van der Waals surface area contributed by atoms with Crippen LogP contribution in [0.2, 0.25) is 0 Å². The van der Waals surface area contributed by atoms with Gasteiger partial charge in [0.15, 0.2) is 5.75 Å². The van der Waals surface area contributed by atoms with Gasteiger partial charge >= 0.3 is 0 Å². The van der Waals surface area contributed by atoms with Crippen molar-refractivity contribution >= 4 is 15.9 Å². The Kier molecular flexibility index (Phi) is 7.14. The van der Waals surface area contributed by atoms with E-state index in [0.717, 1.165) is 35.0 Å². The molecule has 0 N–H and O–H groups in total. The molecule has 0 aliphatic heterocycles. The van der Waals surface area contributed by atoms with Crippen molar-refractivity contribution < 1.29 is 4.74 Å². The molecule has 0 aliphatic rings. The average Bonchev–Trinajstić information content (AvgIpc) is 2.71. The second-order valence-electron chi connectivity index (χ2n) is 6.78. The molecule has 0 bridgehead atoms. The number of benzene rings is 1. The summed E-state index contributed by atoms with van der Waals surface area (Å²) < 4.78 is 7.90. The van der Waals surface area contributed by atoms with Gasteiger partial charge in [-0.3, -0.25) is 4.79 Å². The average molecular weight is 457 g/mol. The summed E-state index contributed by atoms with van der Waals surface area (Å²) in [5.74, 6) is 1.47. The van der Waals surface area contributed by atoms with Gasteiger partial charge in [0.05, 0.1) is 24.7 Å². The van der Waals surface area contributed by atoms with Crippen molar-refractivity contribution in [1.29, 1.82) is 0 Å². The Bertz CT molecular complexity index is 1010. The maximum atomic E-state index is 13.5. The number of hydrogen-bond donors (Lipinski definition) is 0. The Morgan fingerprint density at radius 1 is 1.10 bits per heavy atom. The maximum Gasteiger partial charge on any atom is 0.264 e. The maximum absolute atomic E-state index is 13.5.